The maximum absolute atomic E-state index is 13.3. The number of carbonyl (C=O) groups is 2. The van der Waals surface area contributed by atoms with Crippen molar-refractivity contribution in [1.29, 1.82) is 0 Å². The van der Waals surface area contributed by atoms with Gasteiger partial charge in [0.15, 0.2) is 0 Å². The van der Waals surface area contributed by atoms with E-state index in [-0.39, 0.29) is 23.8 Å². The predicted octanol–water partition coefficient (Wildman–Crippen LogP) is 4.76. The SMILES string of the molecule is O=C1O[C@]2(CC[C@H](C(=O)N[C@H](CNCc3ccccc3)Cc3ccccc3)CC2)c2ccccc21. The molecular formula is C30H32N2O3. The number of amides is 1. The average Bonchev–Trinajstić information content (AvgIpc) is 3.16. The Kier molecular flexibility index (Phi) is 6.96. The summed E-state index contributed by atoms with van der Waals surface area (Å²) in [6, 6.07) is 28.2. The fourth-order valence-electron chi connectivity index (χ4n) is 5.44. The van der Waals surface area contributed by atoms with E-state index < -0.39 is 5.60 Å². The van der Waals surface area contributed by atoms with Crippen LogP contribution in [0.1, 0.15) is 52.7 Å². The van der Waals surface area contributed by atoms with Crippen molar-refractivity contribution in [3.8, 4) is 0 Å². The summed E-state index contributed by atoms with van der Waals surface area (Å²) in [4.78, 5) is 25.7. The Morgan fingerprint density at radius 2 is 1.51 bits per heavy atom. The molecule has 1 aliphatic heterocycles. The molecule has 1 amide bonds. The summed E-state index contributed by atoms with van der Waals surface area (Å²) < 4.78 is 5.86. The molecule has 1 saturated carbocycles. The zero-order valence-corrected chi connectivity index (χ0v) is 19.9. The molecule has 2 aliphatic rings. The number of carbonyl (C=O) groups excluding carboxylic acids is 2. The first-order valence-electron chi connectivity index (χ1n) is 12.5. The fourth-order valence-corrected chi connectivity index (χ4v) is 5.44. The molecule has 5 nitrogen and oxygen atoms in total. The van der Waals surface area contributed by atoms with Gasteiger partial charge in [-0.15, -0.1) is 0 Å². The average molecular weight is 469 g/mol. The normalized spacial score (nSPS) is 21.8. The molecule has 0 bridgehead atoms. The molecule has 180 valence electrons. The van der Waals surface area contributed by atoms with Gasteiger partial charge in [0.1, 0.15) is 5.60 Å². The van der Waals surface area contributed by atoms with Crippen molar-refractivity contribution in [2.45, 2.75) is 50.3 Å². The maximum atomic E-state index is 13.3. The lowest BCUT2D eigenvalue weighted by molar-refractivity contribution is -0.128. The van der Waals surface area contributed by atoms with Gasteiger partial charge in [-0.3, -0.25) is 4.79 Å². The quantitative estimate of drug-likeness (QED) is 0.468. The monoisotopic (exact) mass is 468 g/mol. The first-order valence-corrected chi connectivity index (χ1v) is 12.5. The molecule has 1 fully saturated rings. The lowest BCUT2D eigenvalue weighted by Crippen LogP contribution is -2.47. The number of rotatable bonds is 8. The summed E-state index contributed by atoms with van der Waals surface area (Å²) in [7, 11) is 0. The first-order chi connectivity index (χ1) is 17.1. The van der Waals surface area contributed by atoms with Crippen LogP contribution in [0.15, 0.2) is 84.9 Å². The number of hydrogen-bond donors (Lipinski definition) is 2. The molecule has 2 N–H and O–H groups in total. The van der Waals surface area contributed by atoms with Gasteiger partial charge >= 0.3 is 5.97 Å². The molecule has 5 rings (SSSR count). The van der Waals surface area contributed by atoms with Gasteiger partial charge in [0.25, 0.3) is 0 Å². The molecule has 3 aromatic rings. The highest BCUT2D eigenvalue weighted by molar-refractivity contribution is 5.94. The van der Waals surface area contributed by atoms with Crippen molar-refractivity contribution in [1.82, 2.24) is 10.6 Å². The highest BCUT2D eigenvalue weighted by Crippen LogP contribution is 2.48. The Morgan fingerprint density at radius 1 is 0.886 bits per heavy atom. The molecule has 0 radical (unpaired) electrons. The van der Waals surface area contributed by atoms with Crippen LogP contribution >= 0.6 is 0 Å². The molecule has 35 heavy (non-hydrogen) atoms. The first kappa shape index (κ1) is 23.3. The molecule has 0 saturated heterocycles. The van der Waals surface area contributed by atoms with E-state index in [1.165, 1.54) is 11.1 Å². The minimum absolute atomic E-state index is 0.00506. The third-order valence-electron chi connectivity index (χ3n) is 7.32. The number of benzene rings is 3. The minimum atomic E-state index is -0.564. The summed E-state index contributed by atoms with van der Waals surface area (Å²) in [6.07, 6.45) is 3.56. The Hall–Kier alpha value is -3.44. The minimum Gasteiger partial charge on any atom is -0.451 e. The highest BCUT2D eigenvalue weighted by Gasteiger charge is 2.48. The molecule has 0 unspecified atom stereocenters. The summed E-state index contributed by atoms with van der Waals surface area (Å²) in [5, 5.41) is 6.83. The van der Waals surface area contributed by atoms with Gasteiger partial charge in [0, 0.05) is 30.6 Å². The van der Waals surface area contributed by atoms with Crippen molar-refractivity contribution < 1.29 is 14.3 Å². The summed E-state index contributed by atoms with van der Waals surface area (Å²) in [5.41, 5.74) is 3.52. The van der Waals surface area contributed by atoms with Crippen LogP contribution in [0.5, 0.6) is 0 Å². The van der Waals surface area contributed by atoms with E-state index in [0.717, 1.165) is 18.5 Å². The lowest BCUT2D eigenvalue weighted by atomic mass is 9.74. The zero-order valence-electron chi connectivity index (χ0n) is 19.9. The molecule has 5 heteroatoms. The Bertz CT molecular complexity index is 1150. The summed E-state index contributed by atoms with van der Waals surface area (Å²) in [6.45, 7) is 1.45. The van der Waals surface area contributed by atoms with Gasteiger partial charge in [0.05, 0.1) is 5.56 Å². The van der Waals surface area contributed by atoms with Gasteiger partial charge < -0.3 is 15.4 Å². The lowest BCUT2D eigenvalue weighted by Gasteiger charge is -2.36. The number of ether oxygens (including phenoxy) is 1. The van der Waals surface area contributed by atoms with E-state index in [1.807, 2.05) is 60.7 Å². The topological polar surface area (TPSA) is 67.4 Å². The van der Waals surface area contributed by atoms with Crippen molar-refractivity contribution in [2.75, 3.05) is 6.54 Å². The Balaban J connectivity index is 1.20. The molecular weight excluding hydrogens is 436 g/mol. The fraction of sp³-hybridized carbons (Fsp3) is 0.333. The number of fused-ring (bicyclic) bond motifs is 2. The van der Waals surface area contributed by atoms with Crippen LogP contribution in [-0.2, 0) is 28.1 Å². The van der Waals surface area contributed by atoms with Gasteiger partial charge in [-0.1, -0.05) is 78.9 Å². The van der Waals surface area contributed by atoms with Crippen molar-refractivity contribution in [2.24, 2.45) is 5.92 Å². The standard InChI is InChI=1S/C30H32N2O3/c33-28(24-15-17-30(18-16-24)27-14-8-7-13-26(27)29(34)35-30)32-25(19-22-9-3-1-4-10-22)21-31-20-23-11-5-2-6-12-23/h1-14,24-25,31H,15-21H2,(H,32,33)/t24-,25-,30-/m0/s1. The summed E-state index contributed by atoms with van der Waals surface area (Å²) in [5.74, 6) is -0.213. The van der Waals surface area contributed by atoms with Crippen molar-refractivity contribution in [3.63, 3.8) is 0 Å². The maximum Gasteiger partial charge on any atom is 0.339 e. The van der Waals surface area contributed by atoms with Gasteiger partial charge in [0.2, 0.25) is 5.91 Å². The van der Waals surface area contributed by atoms with E-state index in [1.54, 1.807) is 0 Å². The number of nitrogens with one attached hydrogen (secondary N) is 2. The predicted molar refractivity (Wildman–Crippen MR) is 136 cm³/mol. The molecule has 0 aromatic heterocycles. The van der Waals surface area contributed by atoms with E-state index in [2.05, 4.69) is 34.9 Å². The smallest absolute Gasteiger partial charge is 0.339 e. The van der Waals surface area contributed by atoms with Crippen LogP contribution in [0, 0.1) is 5.92 Å². The van der Waals surface area contributed by atoms with Crippen molar-refractivity contribution in [3.05, 3.63) is 107 Å². The van der Waals surface area contributed by atoms with Crippen LogP contribution in [0.25, 0.3) is 0 Å². The van der Waals surface area contributed by atoms with Crippen LogP contribution in [-0.4, -0.2) is 24.5 Å². The second-order valence-electron chi connectivity index (χ2n) is 9.72. The van der Waals surface area contributed by atoms with Crippen LogP contribution in [0.2, 0.25) is 0 Å². The molecule has 1 heterocycles. The third-order valence-corrected chi connectivity index (χ3v) is 7.32. The van der Waals surface area contributed by atoms with Crippen LogP contribution in [0.3, 0.4) is 0 Å². The largest absolute Gasteiger partial charge is 0.451 e. The van der Waals surface area contributed by atoms with Gasteiger partial charge in [-0.2, -0.15) is 0 Å². The number of hydrogen-bond acceptors (Lipinski definition) is 4. The van der Waals surface area contributed by atoms with Crippen molar-refractivity contribution >= 4 is 11.9 Å². The second-order valence-corrected chi connectivity index (χ2v) is 9.72. The van der Waals surface area contributed by atoms with E-state index in [9.17, 15) is 9.59 Å². The third kappa shape index (κ3) is 5.30. The van der Waals surface area contributed by atoms with E-state index in [0.29, 0.717) is 37.8 Å². The van der Waals surface area contributed by atoms with E-state index in [4.69, 9.17) is 4.74 Å². The molecule has 1 spiro atoms. The molecule has 3 aromatic carbocycles. The molecule has 1 aliphatic carbocycles. The van der Waals surface area contributed by atoms with Gasteiger partial charge in [-0.25, -0.2) is 4.79 Å². The molecule has 1 atom stereocenters. The summed E-state index contributed by atoms with van der Waals surface area (Å²) >= 11 is 0. The zero-order chi connectivity index (χ0) is 24.1. The number of esters is 1. The second kappa shape index (κ2) is 10.4. The highest BCUT2D eigenvalue weighted by atomic mass is 16.6. The Morgan fingerprint density at radius 3 is 2.23 bits per heavy atom. The Labute approximate surface area is 206 Å². The van der Waals surface area contributed by atoms with Crippen LogP contribution < -0.4 is 10.6 Å². The van der Waals surface area contributed by atoms with E-state index >= 15 is 0 Å². The van der Waals surface area contributed by atoms with Crippen LogP contribution in [0.4, 0.5) is 0 Å². The van der Waals surface area contributed by atoms with Gasteiger partial charge in [-0.05, 0) is 49.3 Å².